The molecule has 0 amide bonds. The summed E-state index contributed by atoms with van der Waals surface area (Å²) in [7, 11) is -3.14. The molecule has 0 aliphatic carbocycles. The van der Waals surface area contributed by atoms with Crippen molar-refractivity contribution in [2.75, 3.05) is 19.6 Å². The van der Waals surface area contributed by atoms with Crippen LogP contribution >= 0.6 is 0 Å². The van der Waals surface area contributed by atoms with Crippen LogP contribution in [-0.2, 0) is 10.0 Å². The third-order valence-corrected chi connectivity index (χ3v) is 6.21. The van der Waals surface area contributed by atoms with Gasteiger partial charge in [-0.2, -0.15) is 4.31 Å². The fourth-order valence-electron chi connectivity index (χ4n) is 2.75. The quantitative estimate of drug-likeness (QED) is 0.698. The van der Waals surface area contributed by atoms with E-state index in [1.807, 2.05) is 6.92 Å². The van der Waals surface area contributed by atoms with Crippen molar-refractivity contribution in [3.63, 3.8) is 0 Å². The second kappa shape index (κ2) is 8.22. The number of hydrogen-bond acceptors (Lipinski definition) is 3. The average Bonchev–Trinajstić information content (AvgIpc) is 2.39. The molecule has 5 heteroatoms. The van der Waals surface area contributed by atoms with Crippen LogP contribution in [0.2, 0.25) is 0 Å². The van der Waals surface area contributed by atoms with Crippen LogP contribution < -0.4 is 5.32 Å². The minimum absolute atomic E-state index is 0.234. The molecule has 0 bridgehead atoms. The van der Waals surface area contributed by atoms with Gasteiger partial charge in [0, 0.05) is 19.1 Å². The minimum Gasteiger partial charge on any atom is -0.315 e. The third-order valence-electron chi connectivity index (χ3n) is 3.89. The molecule has 0 saturated carbocycles. The van der Waals surface area contributed by atoms with Crippen LogP contribution in [0.25, 0.3) is 0 Å². The highest BCUT2D eigenvalue weighted by Gasteiger charge is 2.34. The molecule has 1 fully saturated rings. The van der Waals surface area contributed by atoms with E-state index in [0.29, 0.717) is 13.1 Å². The zero-order valence-electron chi connectivity index (χ0n) is 12.7. The maximum absolute atomic E-state index is 12.7. The van der Waals surface area contributed by atoms with Crippen LogP contribution in [0.4, 0.5) is 0 Å². The average molecular weight is 290 g/mol. The predicted octanol–water partition coefficient (Wildman–Crippen LogP) is 2.36. The number of sulfonamides is 1. The Morgan fingerprint density at radius 3 is 2.63 bits per heavy atom. The SMILES string of the molecule is CCCNCC(C)S(=O)(=O)N1CCCCC1CCC. The zero-order valence-corrected chi connectivity index (χ0v) is 13.5. The Labute approximate surface area is 119 Å². The molecule has 0 aromatic rings. The predicted molar refractivity (Wildman–Crippen MR) is 80.8 cm³/mol. The van der Waals surface area contributed by atoms with Crippen LogP contribution in [-0.4, -0.2) is 43.6 Å². The standard InChI is InChI=1S/C14H30N2O2S/c1-4-8-14-9-6-7-11-16(14)19(17,18)13(3)12-15-10-5-2/h13-15H,4-12H2,1-3H3. The van der Waals surface area contributed by atoms with Crippen LogP contribution in [0.3, 0.4) is 0 Å². The molecule has 1 aliphatic rings. The second-order valence-electron chi connectivity index (χ2n) is 5.61. The van der Waals surface area contributed by atoms with Gasteiger partial charge in [-0.25, -0.2) is 8.42 Å². The Morgan fingerprint density at radius 1 is 1.26 bits per heavy atom. The molecule has 1 aliphatic heterocycles. The van der Waals surface area contributed by atoms with Gasteiger partial charge in [-0.05, 0) is 39.2 Å². The van der Waals surface area contributed by atoms with Crippen molar-refractivity contribution in [2.45, 2.75) is 70.6 Å². The Bertz CT molecular complexity index is 341. The lowest BCUT2D eigenvalue weighted by molar-refractivity contribution is 0.237. The fourth-order valence-corrected chi connectivity index (χ4v) is 4.55. The van der Waals surface area contributed by atoms with Crippen LogP contribution in [0, 0.1) is 0 Å². The van der Waals surface area contributed by atoms with Crippen molar-refractivity contribution < 1.29 is 8.42 Å². The van der Waals surface area contributed by atoms with E-state index in [2.05, 4.69) is 19.2 Å². The normalized spacial score (nSPS) is 23.4. The highest BCUT2D eigenvalue weighted by atomic mass is 32.2. The topological polar surface area (TPSA) is 49.4 Å². The Balaban J connectivity index is 2.67. The molecule has 0 spiro atoms. The van der Waals surface area contributed by atoms with Gasteiger partial charge in [0.05, 0.1) is 5.25 Å². The lowest BCUT2D eigenvalue weighted by Gasteiger charge is -2.36. The fraction of sp³-hybridized carbons (Fsp3) is 1.00. The van der Waals surface area contributed by atoms with Crippen molar-refractivity contribution in [3.8, 4) is 0 Å². The molecule has 4 nitrogen and oxygen atoms in total. The Morgan fingerprint density at radius 2 is 2.00 bits per heavy atom. The number of hydrogen-bond donors (Lipinski definition) is 1. The monoisotopic (exact) mass is 290 g/mol. The first-order valence-electron chi connectivity index (χ1n) is 7.75. The summed E-state index contributed by atoms with van der Waals surface area (Å²) < 4.78 is 27.1. The minimum atomic E-state index is -3.14. The van der Waals surface area contributed by atoms with Gasteiger partial charge < -0.3 is 5.32 Å². The summed E-state index contributed by atoms with van der Waals surface area (Å²) in [5.41, 5.74) is 0. The molecule has 19 heavy (non-hydrogen) atoms. The molecule has 1 saturated heterocycles. The van der Waals surface area contributed by atoms with E-state index in [4.69, 9.17) is 0 Å². The summed E-state index contributed by atoms with van der Waals surface area (Å²) in [5.74, 6) is 0. The summed E-state index contributed by atoms with van der Waals surface area (Å²) in [6, 6.07) is 0.234. The van der Waals surface area contributed by atoms with Gasteiger partial charge in [0.25, 0.3) is 0 Å². The molecule has 2 unspecified atom stereocenters. The molecule has 2 atom stereocenters. The van der Waals surface area contributed by atoms with E-state index in [1.54, 1.807) is 4.31 Å². The summed E-state index contributed by atoms with van der Waals surface area (Å²) in [6.45, 7) is 8.21. The number of rotatable bonds is 8. The van der Waals surface area contributed by atoms with E-state index in [-0.39, 0.29) is 11.3 Å². The van der Waals surface area contributed by atoms with Gasteiger partial charge in [0.2, 0.25) is 10.0 Å². The lowest BCUT2D eigenvalue weighted by Crippen LogP contribution is -2.49. The Kier molecular flexibility index (Phi) is 7.32. The van der Waals surface area contributed by atoms with Gasteiger partial charge in [0.15, 0.2) is 0 Å². The van der Waals surface area contributed by atoms with E-state index in [1.165, 1.54) is 6.42 Å². The van der Waals surface area contributed by atoms with Crippen LogP contribution in [0.1, 0.15) is 59.3 Å². The molecule has 0 aromatic carbocycles. The number of piperidine rings is 1. The second-order valence-corrected chi connectivity index (χ2v) is 7.91. The molecule has 114 valence electrons. The maximum atomic E-state index is 12.7. The first kappa shape index (κ1) is 16.9. The van der Waals surface area contributed by atoms with Crippen molar-refractivity contribution in [1.82, 2.24) is 9.62 Å². The van der Waals surface area contributed by atoms with Gasteiger partial charge in [0.1, 0.15) is 0 Å². The van der Waals surface area contributed by atoms with E-state index in [0.717, 1.165) is 38.6 Å². The first-order valence-corrected chi connectivity index (χ1v) is 9.25. The van der Waals surface area contributed by atoms with Crippen LogP contribution in [0.15, 0.2) is 0 Å². The third kappa shape index (κ3) is 4.72. The molecule has 1 rings (SSSR count). The van der Waals surface area contributed by atoms with E-state index >= 15 is 0 Å². The van der Waals surface area contributed by atoms with Crippen molar-refractivity contribution in [3.05, 3.63) is 0 Å². The van der Waals surface area contributed by atoms with Gasteiger partial charge in [-0.3, -0.25) is 0 Å². The largest absolute Gasteiger partial charge is 0.315 e. The molecule has 1 N–H and O–H groups in total. The van der Waals surface area contributed by atoms with Crippen molar-refractivity contribution in [1.29, 1.82) is 0 Å². The number of nitrogens with zero attached hydrogens (tertiary/aromatic N) is 1. The number of nitrogens with one attached hydrogen (secondary N) is 1. The Hall–Kier alpha value is -0.130. The molecule has 1 heterocycles. The van der Waals surface area contributed by atoms with Gasteiger partial charge in [-0.1, -0.05) is 26.7 Å². The van der Waals surface area contributed by atoms with Crippen molar-refractivity contribution in [2.24, 2.45) is 0 Å². The molecular formula is C14H30N2O2S. The van der Waals surface area contributed by atoms with E-state index < -0.39 is 10.0 Å². The smallest absolute Gasteiger partial charge is 0.218 e. The summed E-state index contributed by atoms with van der Waals surface area (Å²) in [6.07, 6.45) is 6.29. The lowest BCUT2D eigenvalue weighted by atomic mass is 10.0. The summed E-state index contributed by atoms with van der Waals surface area (Å²) in [5, 5.41) is 2.90. The molecule has 0 aromatic heterocycles. The van der Waals surface area contributed by atoms with E-state index in [9.17, 15) is 8.42 Å². The molecule has 0 radical (unpaired) electrons. The zero-order chi connectivity index (χ0) is 14.3. The first-order chi connectivity index (χ1) is 9.04. The van der Waals surface area contributed by atoms with Crippen LogP contribution in [0.5, 0.6) is 0 Å². The van der Waals surface area contributed by atoms with Gasteiger partial charge in [-0.15, -0.1) is 0 Å². The summed E-state index contributed by atoms with van der Waals surface area (Å²) in [4.78, 5) is 0. The highest BCUT2D eigenvalue weighted by Crippen LogP contribution is 2.25. The van der Waals surface area contributed by atoms with Gasteiger partial charge >= 0.3 is 0 Å². The highest BCUT2D eigenvalue weighted by molar-refractivity contribution is 7.89. The van der Waals surface area contributed by atoms with Crippen molar-refractivity contribution >= 4 is 10.0 Å². The maximum Gasteiger partial charge on any atom is 0.218 e. The summed E-state index contributed by atoms with van der Waals surface area (Å²) >= 11 is 0. The molecular weight excluding hydrogens is 260 g/mol.